The molecule has 31 heavy (non-hydrogen) atoms. The van der Waals surface area contributed by atoms with Gasteiger partial charge in [-0.25, -0.2) is 0 Å². The number of fused-ring (bicyclic) bond motifs is 1. The number of imide groups is 1. The zero-order valence-corrected chi connectivity index (χ0v) is 17.7. The van der Waals surface area contributed by atoms with Gasteiger partial charge in [0.05, 0.1) is 0 Å². The van der Waals surface area contributed by atoms with E-state index >= 15 is 0 Å². The van der Waals surface area contributed by atoms with Crippen molar-refractivity contribution in [2.24, 2.45) is 5.73 Å². The van der Waals surface area contributed by atoms with E-state index < -0.39 is 6.04 Å². The molecular formula is C24H28N4O3. The number of carbonyl (C=O) groups is 3. The molecule has 0 bridgehead atoms. The quantitative estimate of drug-likeness (QED) is 0.591. The summed E-state index contributed by atoms with van der Waals surface area (Å²) in [6.45, 7) is 3.73. The minimum Gasteiger partial charge on any atom is -0.328 e. The van der Waals surface area contributed by atoms with Gasteiger partial charge in [-0.1, -0.05) is 36.4 Å². The average Bonchev–Trinajstić information content (AvgIpc) is 3.06. The van der Waals surface area contributed by atoms with E-state index in [2.05, 4.69) is 34.9 Å². The van der Waals surface area contributed by atoms with Crippen LogP contribution in [0.3, 0.4) is 0 Å². The van der Waals surface area contributed by atoms with Crippen LogP contribution in [0.5, 0.6) is 0 Å². The molecule has 7 nitrogen and oxygen atoms in total. The fraction of sp³-hybridized carbons (Fsp3) is 0.375. The Morgan fingerprint density at radius 2 is 1.84 bits per heavy atom. The van der Waals surface area contributed by atoms with E-state index in [-0.39, 0.29) is 30.2 Å². The first kappa shape index (κ1) is 21.2. The van der Waals surface area contributed by atoms with Crippen molar-refractivity contribution >= 4 is 17.7 Å². The molecule has 4 N–H and O–H groups in total. The number of carbonyl (C=O) groups excluding carboxylic acids is 3. The lowest BCUT2D eigenvalue weighted by atomic mass is 10.0. The van der Waals surface area contributed by atoms with Gasteiger partial charge < -0.3 is 16.0 Å². The van der Waals surface area contributed by atoms with Crippen molar-refractivity contribution in [3.63, 3.8) is 0 Å². The van der Waals surface area contributed by atoms with Crippen LogP contribution in [0, 0.1) is 0 Å². The van der Waals surface area contributed by atoms with Crippen LogP contribution in [-0.2, 0) is 35.6 Å². The Morgan fingerprint density at radius 1 is 1.10 bits per heavy atom. The fourth-order valence-corrected chi connectivity index (χ4v) is 4.32. The summed E-state index contributed by atoms with van der Waals surface area (Å²) in [5, 5.41) is 5.80. The van der Waals surface area contributed by atoms with Crippen molar-refractivity contribution in [3.05, 3.63) is 70.3 Å². The molecule has 0 aromatic heterocycles. The predicted octanol–water partition coefficient (Wildman–Crippen LogP) is 1.63. The zero-order valence-electron chi connectivity index (χ0n) is 17.7. The number of hydrogen-bond acceptors (Lipinski definition) is 5. The third-order valence-corrected chi connectivity index (χ3v) is 5.90. The molecule has 1 saturated heterocycles. The van der Waals surface area contributed by atoms with E-state index in [4.69, 9.17) is 5.73 Å². The van der Waals surface area contributed by atoms with E-state index in [1.165, 1.54) is 11.1 Å². The van der Waals surface area contributed by atoms with E-state index in [9.17, 15) is 14.4 Å². The molecule has 2 aliphatic heterocycles. The largest absolute Gasteiger partial charge is 0.328 e. The summed E-state index contributed by atoms with van der Waals surface area (Å²) in [6, 6.07) is 13.7. The fourth-order valence-electron chi connectivity index (χ4n) is 4.32. The summed E-state index contributed by atoms with van der Waals surface area (Å²) in [7, 11) is 0. The van der Waals surface area contributed by atoms with E-state index in [1.807, 2.05) is 25.1 Å². The number of nitrogens with two attached hydrogens (primary N) is 1. The predicted molar refractivity (Wildman–Crippen MR) is 117 cm³/mol. The van der Waals surface area contributed by atoms with Gasteiger partial charge in [-0.3, -0.25) is 19.7 Å². The zero-order chi connectivity index (χ0) is 22.0. The van der Waals surface area contributed by atoms with Gasteiger partial charge in [-0.05, 0) is 48.1 Å². The number of amides is 3. The first-order valence-electron chi connectivity index (χ1n) is 10.7. The van der Waals surface area contributed by atoms with Crippen LogP contribution in [0.1, 0.15) is 52.4 Å². The minimum absolute atomic E-state index is 0.143. The summed E-state index contributed by atoms with van der Waals surface area (Å²) in [5.41, 5.74) is 10.9. The first-order valence-corrected chi connectivity index (χ1v) is 10.7. The standard InChI is InChI=1S/C24H28N4O3/c1-15(25)11-16-5-7-17(8-6-16)12-26-13-18-3-2-4-19-20(18)14-28(24(19)31)21-9-10-22(29)27-23(21)30/h2-8,15,21,26H,9-14,25H2,1H3,(H,27,29,30). The lowest BCUT2D eigenvalue weighted by Gasteiger charge is -2.29. The highest BCUT2D eigenvalue weighted by Gasteiger charge is 2.39. The van der Waals surface area contributed by atoms with Crippen LogP contribution in [-0.4, -0.2) is 34.7 Å². The second-order valence-electron chi connectivity index (χ2n) is 8.44. The maximum absolute atomic E-state index is 12.9. The Kier molecular flexibility index (Phi) is 6.15. The van der Waals surface area contributed by atoms with Crippen LogP contribution in [0.2, 0.25) is 0 Å². The molecule has 2 atom stereocenters. The van der Waals surface area contributed by atoms with Crippen molar-refractivity contribution in [2.75, 3.05) is 0 Å². The molecule has 2 aromatic rings. The molecule has 162 valence electrons. The van der Waals surface area contributed by atoms with Gasteiger partial charge in [0.1, 0.15) is 6.04 Å². The monoisotopic (exact) mass is 420 g/mol. The van der Waals surface area contributed by atoms with Crippen LogP contribution in [0.25, 0.3) is 0 Å². The van der Waals surface area contributed by atoms with Crippen molar-refractivity contribution < 1.29 is 14.4 Å². The van der Waals surface area contributed by atoms with Crippen molar-refractivity contribution in [1.29, 1.82) is 0 Å². The van der Waals surface area contributed by atoms with E-state index in [0.717, 1.165) is 17.5 Å². The molecule has 1 fully saturated rings. The highest BCUT2D eigenvalue weighted by Crippen LogP contribution is 2.29. The van der Waals surface area contributed by atoms with Gasteiger partial charge in [0, 0.05) is 37.7 Å². The molecule has 0 saturated carbocycles. The van der Waals surface area contributed by atoms with Crippen molar-refractivity contribution in [2.45, 2.75) is 57.9 Å². The number of benzene rings is 2. The lowest BCUT2D eigenvalue weighted by Crippen LogP contribution is -2.52. The molecule has 2 unspecified atom stereocenters. The third kappa shape index (κ3) is 4.68. The highest BCUT2D eigenvalue weighted by atomic mass is 16.2. The second kappa shape index (κ2) is 8.99. The topological polar surface area (TPSA) is 105 Å². The molecule has 4 rings (SSSR count). The lowest BCUT2D eigenvalue weighted by molar-refractivity contribution is -0.136. The molecule has 3 amide bonds. The smallest absolute Gasteiger partial charge is 0.255 e. The minimum atomic E-state index is -0.590. The molecule has 2 heterocycles. The summed E-state index contributed by atoms with van der Waals surface area (Å²) < 4.78 is 0. The highest BCUT2D eigenvalue weighted by molar-refractivity contribution is 6.05. The number of hydrogen-bond donors (Lipinski definition) is 3. The van der Waals surface area contributed by atoms with Gasteiger partial charge in [-0.15, -0.1) is 0 Å². The Hall–Kier alpha value is -3.03. The van der Waals surface area contributed by atoms with Crippen molar-refractivity contribution in [1.82, 2.24) is 15.5 Å². The molecular weight excluding hydrogens is 392 g/mol. The second-order valence-corrected chi connectivity index (χ2v) is 8.44. The van der Waals surface area contributed by atoms with Gasteiger partial charge in [0.25, 0.3) is 5.91 Å². The molecule has 0 spiro atoms. The Labute approximate surface area is 182 Å². The summed E-state index contributed by atoms with van der Waals surface area (Å²) >= 11 is 0. The van der Waals surface area contributed by atoms with Gasteiger partial charge >= 0.3 is 0 Å². The molecule has 7 heteroatoms. The number of rotatable bonds is 7. The van der Waals surface area contributed by atoms with Crippen LogP contribution < -0.4 is 16.4 Å². The summed E-state index contributed by atoms with van der Waals surface area (Å²) in [5.74, 6) is -0.804. The number of piperidine rings is 1. The third-order valence-electron chi connectivity index (χ3n) is 5.90. The Morgan fingerprint density at radius 3 is 2.55 bits per heavy atom. The normalized spacial score (nSPS) is 19.4. The van der Waals surface area contributed by atoms with E-state index in [0.29, 0.717) is 31.6 Å². The maximum Gasteiger partial charge on any atom is 0.255 e. The van der Waals surface area contributed by atoms with E-state index in [1.54, 1.807) is 4.90 Å². The van der Waals surface area contributed by atoms with Crippen LogP contribution >= 0.6 is 0 Å². The molecule has 2 aliphatic rings. The summed E-state index contributed by atoms with van der Waals surface area (Å²) in [4.78, 5) is 38.2. The van der Waals surface area contributed by atoms with Gasteiger partial charge in [0.15, 0.2) is 0 Å². The summed E-state index contributed by atoms with van der Waals surface area (Å²) in [6.07, 6.45) is 1.49. The van der Waals surface area contributed by atoms with Crippen molar-refractivity contribution in [3.8, 4) is 0 Å². The van der Waals surface area contributed by atoms with Crippen LogP contribution in [0.15, 0.2) is 42.5 Å². The van der Waals surface area contributed by atoms with Gasteiger partial charge in [0.2, 0.25) is 11.8 Å². The number of nitrogens with one attached hydrogen (secondary N) is 2. The number of nitrogens with zero attached hydrogens (tertiary/aromatic N) is 1. The van der Waals surface area contributed by atoms with Crippen LogP contribution in [0.4, 0.5) is 0 Å². The molecule has 2 aromatic carbocycles. The average molecular weight is 421 g/mol. The van der Waals surface area contributed by atoms with Gasteiger partial charge in [-0.2, -0.15) is 0 Å². The first-order chi connectivity index (χ1) is 14.9. The SMILES string of the molecule is CC(N)Cc1ccc(CNCc2cccc3c2CN(C2CCC(=O)NC2=O)C3=O)cc1. The maximum atomic E-state index is 12.9. The Bertz CT molecular complexity index is 1000. The Balaban J connectivity index is 1.39. The molecule has 0 aliphatic carbocycles. The molecule has 0 radical (unpaired) electrons.